The fraction of sp³-hybridized carbons (Fsp3) is 0.300. The first-order valence-corrected chi connectivity index (χ1v) is 8.42. The van der Waals surface area contributed by atoms with E-state index in [0.717, 1.165) is 5.75 Å². The highest BCUT2D eigenvalue weighted by Crippen LogP contribution is 2.15. The zero-order valence-corrected chi connectivity index (χ0v) is 14.8. The molecule has 0 aliphatic carbocycles. The number of hydrogen-bond acceptors (Lipinski definition) is 3. The highest BCUT2D eigenvalue weighted by atomic mass is 16.5. The minimum atomic E-state index is -0.207. The van der Waals surface area contributed by atoms with Gasteiger partial charge < -0.3 is 15.4 Å². The van der Waals surface area contributed by atoms with Gasteiger partial charge in [0.1, 0.15) is 5.75 Å². The number of carbonyl (C=O) groups is 2. The van der Waals surface area contributed by atoms with Crippen LogP contribution in [0.5, 0.6) is 5.75 Å². The van der Waals surface area contributed by atoms with Crippen LogP contribution in [0.25, 0.3) is 0 Å². The van der Waals surface area contributed by atoms with Gasteiger partial charge in [0, 0.05) is 23.4 Å². The summed E-state index contributed by atoms with van der Waals surface area (Å²) >= 11 is 0. The van der Waals surface area contributed by atoms with E-state index in [-0.39, 0.29) is 11.8 Å². The van der Waals surface area contributed by atoms with Gasteiger partial charge in [-0.25, -0.2) is 0 Å². The molecule has 0 fully saturated rings. The number of rotatable bonds is 7. The number of anilines is 1. The van der Waals surface area contributed by atoms with Crippen LogP contribution in [-0.4, -0.2) is 25.0 Å². The van der Waals surface area contributed by atoms with E-state index >= 15 is 0 Å². The molecule has 0 saturated carbocycles. The number of ether oxygens (including phenoxy) is 1. The van der Waals surface area contributed by atoms with Crippen molar-refractivity contribution in [3.8, 4) is 5.75 Å². The van der Waals surface area contributed by atoms with Crippen molar-refractivity contribution in [2.75, 3.05) is 18.5 Å². The van der Waals surface area contributed by atoms with E-state index in [4.69, 9.17) is 4.74 Å². The van der Waals surface area contributed by atoms with Gasteiger partial charge in [-0.1, -0.05) is 13.8 Å². The Morgan fingerprint density at radius 3 is 2.04 bits per heavy atom. The summed E-state index contributed by atoms with van der Waals surface area (Å²) in [5.74, 6) is 0.862. The Hall–Kier alpha value is -2.82. The van der Waals surface area contributed by atoms with Crippen molar-refractivity contribution in [1.82, 2.24) is 5.32 Å². The Morgan fingerprint density at radius 1 is 0.920 bits per heavy atom. The Kier molecular flexibility index (Phi) is 6.57. The van der Waals surface area contributed by atoms with Crippen LogP contribution in [-0.2, 0) is 0 Å². The Morgan fingerprint density at radius 2 is 1.48 bits per heavy atom. The Bertz CT molecular complexity index is 707. The molecule has 0 spiro atoms. The highest BCUT2D eigenvalue weighted by molar-refractivity contribution is 6.04. The predicted octanol–water partition coefficient (Wildman–Crippen LogP) is 3.72. The van der Waals surface area contributed by atoms with Gasteiger partial charge in [0.05, 0.1) is 6.61 Å². The summed E-state index contributed by atoms with van der Waals surface area (Å²) in [7, 11) is 0. The van der Waals surface area contributed by atoms with Crippen molar-refractivity contribution in [1.29, 1.82) is 0 Å². The molecule has 0 atom stereocenters. The second-order valence-corrected chi connectivity index (χ2v) is 6.12. The molecular weight excluding hydrogens is 316 g/mol. The molecule has 2 rings (SSSR count). The standard InChI is InChI=1S/C20H24N2O3/c1-4-21-19(23)15-5-9-17(10-6-15)22-20(24)16-7-11-18(12-8-16)25-13-14(2)3/h5-12,14H,4,13H2,1-3H3,(H,21,23)(H,22,24). The van der Waals surface area contributed by atoms with E-state index in [9.17, 15) is 9.59 Å². The van der Waals surface area contributed by atoms with Crippen LogP contribution in [0.2, 0.25) is 0 Å². The van der Waals surface area contributed by atoms with Crippen LogP contribution < -0.4 is 15.4 Å². The molecule has 0 radical (unpaired) electrons. The number of amides is 2. The summed E-state index contributed by atoms with van der Waals surface area (Å²) in [5.41, 5.74) is 1.74. The zero-order valence-electron chi connectivity index (χ0n) is 14.8. The minimum absolute atomic E-state index is 0.127. The molecule has 2 amide bonds. The molecule has 0 unspecified atom stereocenters. The van der Waals surface area contributed by atoms with Gasteiger partial charge in [0.25, 0.3) is 11.8 Å². The Balaban J connectivity index is 1.96. The maximum Gasteiger partial charge on any atom is 0.255 e. The summed E-state index contributed by atoms with van der Waals surface area (Å²) < 4.78 is 5.61. The molecule has 25 heavy (non-hydrogen) atoms. The number of benzene rings is 2. The molecular formula is C20H24N2O3. The van der Waals surface area contributed by atoms with E-state index in [1.54, 1.807) is 48.5 Å². The van der Waals surface area contributed by atoms with Gasteiger partial charge in [-0.2, -0.15) is 0 Å². The van der Waals surface area contributed by atoms with E-state index in [1.807, 2.05) is 6.92 Å². The van der Waals surface area contributed by atoms with E-state index < -0.39 is 0 Å². The lowest BCUT2D eigenvalue weighted by molar-refractivity contribution is 0.0955. The zero-order chi connectivity index (χ0) is 18.2. The fourth-order valence-corrected chi connectivity index (χ4v) is 2.14. The first kappa shape index (κ1) is 18.5. The smallest absolute Gasteiger partial charge is 0.255 e. The lowest BCUT2D eigenvalue weighted by Gasteiger charge is -2.10. The Labute approximate surface area is 148 Å². The molecule has 0 saturated heterocycles. The van der Waals surface area contributed by atoms with Gasteiger partial charge in [-0.15, -0.1) is 0 Å². The molecule has 5 nitrogen and oxygen atoms in total. The molecule has 2 N–H and O–H groups in total. The van der Waals surface area contributed by atoms with Crippen molar-refractivity contribution >= 4 is 17.5 Å². The van der Waals surface area contributed by atoms with Crippen molar-refractivity contribution in [3.05, 3.63) is 59.7 Å². The number of nitrogens with one attached hydrogen (secondary N) is 2. The molecule has 0 aliphatic rings. The largest absolute Gasteiger partial charge is 0.493 e. The van der Waals surface area contributed by atoms with E-state index in [0.29, 0.717) is 35.9 Å². The van der Waals surface area contributed by atoms with Gasteiger partial charge >= 0.3 is 0 Å². The monoisotopic (exact) mass is 340 g/mol. The maximum atomic E-state index is 12.3. The molecule has 5 heteroatoms. The van der Waals surface area contributed by atoms with Crippen LogP contribution in [0, 0.1) is 5.92 Å². The van der Waals surface area contributed by atoms with Crippen LogP contribution in [0.1, 0.15) is 41.5 Å². The van der Waals surface area contributed by atoms with Crippen LogP contribution in [0.4, 0.5) is 5.69 Å². The predicted molar refractivity (Wildman–Crippen MR) is 99.2 cm³/mol. The topological polar surface area (TPSA) is 67.4 Å². The van der Waals surface area contributed by atoms with Gasteiger partial charge in [-0.3, -0.25) is 9.59 Å². The van der Waals surface area contributed by atoms with Crippen molar-refractivity contribution in [2.24, 2.45) is 5.92 Å². The van der Waals surface area contributed by atoms with Gasteiger partial charge in [0.15, 0.2) is 0 Å². The summed E-state index contributed by atoms with van der Waals surface area (Å²) in [6.07, 6.45) is 0. The minimum Gasteiger partial charge on any atom is -0.493 e. The second kappa shape index (κ2) is 8.87. The lowest BCUT2D eigenvalue weighted by Crippen LogP contribution is -2.22. The lowest BCUT2D eigenvalue weighted by atomic mass is 10.1. The first-order chi connectivity index (χ1) is 12.0. The average molecular weight is 340 g/mol. The maximum absolute atomic E-state index is 12.3. The SMILES string of the molecule is CCNC(=O)c1ccc(NC(=O)c2ccc(OCC(C)C)cc2)cc1. The fourth-order valence-electron chi connectivity index (χ4n) is 2.14. The molecule has 0 bridgehead atoms. The molecule has 0 aliphatic heterocycles. The summed E-state index contributed by atoms with van der Waals surface area (Å²) in [5, 5.41) is 5.55. The molecule has 0 aromatic heterocycles. The molecule has 2 aromatic carbocycles. The highest BCUT2D eigenvalue weighted by Gasteiger charge is 2.08. The normalized spacial score (nSPS) is 10.4. The van der Waals surface area contributed by atoms with Gasteiger partial charge in [-0.05, 0) is 61.4 Å². The van der Waals surface area contributed by atoms with E-state index in [1.165, 1.54) is 0 Å². The summed E-state index contributed by atoms with van der Waals surface area (Å²) in [6, 6.07) is 13.8. The number of carbonyl (C=O) groups excluding carboxylic acids is 2. The van der Waals surface area contributed by atoms with E-state index in [2.05, 4.69) is 24.5 Å². The van der Waals surface area contributed by atoms with Crippen molar-refractivity contribution in [3.63, 3.8) is 0 Å². The van der Waals surface area contributed by atoms with Crippen molar-refractivity contribution < 1.29 is 14.3 Å². The molecule has 0 heterocycles. The summed E-state index contributed by atoms with van der Waals surface area (Å²) in [4.78, 5) is 24.0. The summed E-state index contributed by atoms with van der Waals surface area (Å²) in [6.45, 7) is 7.25. The second-order valence-electron chi connectivity index (χ2n) is 6.12. The third-order valence-electron chi connectivity index (χ3n) is 3.44. The third-order valence-corrected chi connectivity index (χ3v) is 3.44. The van der Waals surface area contributed by atoms with Crippen LogP contribution in [0.15, 0.2) is 48.5 Å². The van der Waals surface area contributed by atoms with Crippen LogP contribution >= 0.6 is 0 Å². The third kappa shape index (κ3) is 5.64. The molecule has 132 valence electrons. The quantitative estimate of drug-likeness (QED) is 0.807. The molecule has 2 aromatic rings. The van der Waals surface area contributed by atoms with Crippen molar-refractivity contribution in [2.45, 2.75) is 20.8 Å². The van der Waals surface area contributed by atoms with Crippen LogP contribution in [0.3, 0.4) is 0 Å². The number of hydrogen-bond donors (Lipinski definition) is 2. The van der Waals surface area contributed by atoms with Gasteiger partial charge in [0.2, 0.25) is 0 Å². The first-order valence-electron chi connectivity index (χ1n) is 8.42. The average Bonchev–Trinajstić information content (AvgIpc) is 2.61.